The highest BCUT2D eigenvalue weighted by Crippen LogP contribution is 2.25. The Labute approximate surface area is 155 Å². The van der Waals surface area contributed by atoms with Crippen LogP contribution in [0.5, 0.6) is 5.75 Å². The van der Waals surface area contributed by atoms with Gasteiger partial charge in [-0.05, 0) is 44.2 Å². The second kappa shape index (κ2) is 7.40. The van der Waals surface area contributed by atoms with Crippen molar-refractivity contribution in [3.8, 4) is 5.75 Å². The average molecular weight is 369 g/mol. The van der Waals surface area contributed by atoms with Crippen LogP contribution in [0, 0.1) is 13.8 Å². The van der Waals surface area contributed by atoms with E-state index in [2.05, 4.69) is 20.3 Å². The van der Waals surface area contributed by atoms with E-state index in [-0.39, 0.29) is 18.3 Å². The smallest absolute Gasteiger partial charge is 0.327 e. The van der Waals surface area contributed by atoms with Gasteiger partial charge < -0.3 is 9.84 Å². The van der Waals surface area contributed by atoms with E-state index in [1.807, 2.05) is 0 Å². The SMILES string of the molecule is COc1ccc(N2/C(=N/c3nc(C)cc(C)n3)NC(=O)C[C@H]2C(=O)O)cc1. The molecule has 9 heteroatoms. The Morgan fingerprint density at radius 3 is 2.44 bits per heavy atom. The quantitative estimate of drug-likeness (QED) is 0.840. The van der Waals surface area contributed by atoms with Crippen molar-refractivity contribution in [3.63, 3.8) is 0 Å². The molecule has 0 aliphatic carbocycles. The van der Waals surface area contributed by atoms with Gasteiger partial charge in [0.2, 0.25) is 11.9 Å². The van der Waals surface area contributed by atoms with Crippen LogP contribution in [0.2, 0.25) is 0 Å². The summed E-state index contributed by atoms with van der Waals surface area (Å²) in [7, 11) is 1.54. The zero-order valence-electron chi connectivity index (χ0n) is 15.1. The van der Waals surface area contributed by atoms with E-state index in [0.29, 0.717) is 11.4 Å². The summed E-state index contributed by atoms with van der Waals surface area (Å²) >= 11 is 0. The van der Waals surface area contributed by atoms with Crippen molar-refractivity contribution in [1.29, 1.82) is 0 Å². The molecule has 1 aliphatic rings. The predicted molar refractivity (Wildman–Crippen MR) is 98.3 cm³/mol. The molecule has 0 saturated carbocycles. The molecule has 2 N–H and O–H groups in total. The lowest BCUT2D eigenvalue weighted by molar-refractivity contribution is -0.140. The van der Waals surface area contributed by atoms with Crippen LogP contribution in [0.1, 0.15) is 17.8 Å². The number of anilines is 1. The predicted octanol–water partition coefficient (Wildman–Crippen LogP) is 1.57. The Hall–Kier alpha value is -3.49. The number of hydrogen-bond acceptors (Lipinski definition) is 6. The number of carbonyl (C=O) groups excluding carboxylic acids is 1. The van der Waals surface area contributed by atoms with E-state index in [0.717, 1.165) is 11.4 Å². The van der Waals surface area contributed by atoms with Crippen LogP contribution < -0.4 is 15.0 Å². The highest BCUT2D eigenvalue weighted by molar-refractivity contribution is 6.13. The van der Waals surface area contributed by atoms with E-state index in [1.165, 1.54) is 4.90 Å². The van der Waals surface area contributed by atoms with Gasteiger partial charge in [0.1, 0.15) is 11.8 Å². The van der Waals surface area contributed by atoms with Gasteiger partial charge in [-0.15, -0.1) is 0 Å². The van der Waals surface area contributed by atoms with Gasteiger partial charge >= 0.3 is 5.97 Å². The number of guanidine groups is 1. The topological polar surface area (TPSA) is 117 Å². The fourth-order valence-corrected chi connectivity index (χ4v) is 2.83. The number of amides is 1. The first-order valence-corrected chi connectivity index (χ1v) is 8.24. The maximum atomic E-state index is 12.0. The Morgan fingerprint density at radius 2 is 1.89 bits per heavy atom. The first-order valence-electron chi connectivity index (χ1n) is 8.24. The van der Waals surface area contributed by atoms with E-state index < -0.39 is 17.9 Å². The molecule has 27 heavy (non-hydrogen) atoms. The summed E-state index contributed by atoms with van der Waals surface area (Å²) in [5, 5.41) is 12.3. The number of nitrogens with one attached hydrogen (secondary N) is 1. The van der Waals surface area contributed by atoms with Crippen molar-refractivity contribution in [2.24, 2.45) is 4.99 Å². The summed E-state index contributed by atoms with van der Waals surface area (Å²) < 4.78 is 5.14. The van der Waals surface area contributed by atoms with Crippen molar-refractivity contribution < 1.29 is 19.4 Å². The van der Waals surface area contributed by atoms with Crippen molar-refractivity contribution in [3.05, 3.63) is 41.7 Å². The van der Waals surface area contributed by atoms with Crippen molar-refractivity contribution in [2.45, 2.75) is 26.3 Å². The number of hydrogen-bond donors (Lipinski definition) is 2. The number of carbonyl (C=O) groups is 2. The summed E-state index contributed by atoms with van der Waals surface area (Å²) in [6.45, 7) is 3.61. The van der Waals surface area contributed by atoms with E-state index in [1.54, 1.807) is 51.3 Å². The lowest BCUT2D eigenvalue weighted by Crippen LogP contribution is -2.58. The highest BCUT2D eigenvalue weighted by atomic mass is 16.5. The van der Waals surface area contributed by atoms with Gasteiger partial charge in [0.15, 0.2) is 0 Å². The number of benzene rings is 1. The molecule has 9 nitrogen and oxygen atoms in total. The maximum Gasteiger partial charge on any atom is 0.327 e. The molecule has 3 rings (SSSR count). The third kappa shape index (κ3) is 4.02. The molecule has 0 radical (unpaired) electrons. The van der Waals surface area contributed by atoms with Crippen LogP contribution in [-0.4, -0.2) is 46.1 Å². The Morgan fingerprint density at radius 1 is 1.26 bits per heavy atom. The first-order chi connectivity index (χ1) is 12.9. The molecule has 140 valence electrons. The first kappa shape index (κ1) is 18.3. The number of nitrogens with zero attached hydrogens (tertiary/aromatic N) is 4. The molecule has 1 atom stereocenters. The largest absolute Gasteiger partial charge is 0.497 e. The van der Waals surface area contributed by atoms with Crippen LogP contribution in [0.25, 0.3) is 0 Å². The summed E-state index contributed by atoms with van der Waals surface area (Å²) in [5.41, 5.74) is 1.98. The minimum atomic E-state index is -1.13. The highest BCUT2D eigenvalue weighted by Gasteiger charge is 2.37. The Balaban J connectivity index is 2.09. The number of aromatic nitrogens is 2. The second-order valence-corrected chi connectivity index (χ2v) is 6.06. The number of methoxy groups -OCH3 is 1. The summed E-state index contributed by atoms with van der Waals surface area (Å²) in [4.78, 5) is 38.1. The summed E-state index contributed by atoms with van der Waals surface area (Å²) in [6, 6.07) is 7.50. The van der Waals surface area contributed by atoms with E-state index in [4.69, 9.17) is 4.74 Å². The lowest BCUT2D eigenvalue weighted by atomic mass is 10.1. The molecule has 1 fully saturated rings. The minimum Gasteiger partial charge on any atom is -0.497 e. The zero-order valence-corrected chi connectivity index (χ0v) is 15.1. The van der Waals surface area contributed by atoms with Crippen LogP contribution in [0.4, 0.5) is 11.6 Å². The van der Waals surface area contributed by atoms with Gasteiger partial charge in [-0.1, -0.05) is 0 Å². The van der Waals surface area contributed by atoms with Crippen LogP contribution >= 0.6 is 0 Å². The van der Waals surface area contributed by atoms with E-state index >= 15 is 0 Å². The molecule has 1 aromatic heterocycles. The fraction of sp³-hybridized carbons (Fsp3) is 0.278. The van der Waals surface area contributed by atoms with Crippen molar-refractivity contribution in [1.82, 2.24) is 15.3 Å². The number of aliphatic carboxylic acids is 1. The standard InChI is InChI=1S/C18H19N5O4/c1-10-8-11(2)20-17(19-10)22-18-21-15(24)9-14(16(25)26)23(18)12-4-6-13(27-3)7-5-12/h4-8,14H,9H2,1-3H3,(H,25,26)(H,19,20,21,22,24)/t14-/m0/s1. The third-order valence-corrected chi connectivity index (χ3v) is 3.98. The Bertz CT molecular complexity index is 890. The molecule has 0 spiro atoms. The molecule has 1 amide bonds. The zero-order chi connectivity index (χ0) is 19.6. The number of aryl methyl sites for hydroxylation is 2. The van der Waals surface area contributed by atoms with Gasteiger partial charge in [-0.3, -0.25) is 15.0 Å². The average Bonchev–Trinajstić information content (AvgIpc) is 2.60. The molecule has 0 unspecified atom stereocenters. The number of carboxylic acid groups (broad SMARTS) is 1. The fourth-order valence-electron chi connectivity index (χ4n) is 2.83. The van der Waals surface area contributed by atoms with Crippen LogP contribution in [0.3, 0.4) is 0 Å². The minimum absolute atomic E-state index is 0.0637. The summed E-state index contributed by atoms with van der Waals surface area (Å²) in [6.07, 6.45) is -0.200. The molecule has 1 aliphatic heterocycles. The molecular formula is C18H19N5O4. The molecule has 0 bridgehead atoms. The van der Waals surface area contributed by atoms with Crippen LogP contribution in [0.15, 0.2) is 35.3 Å². The molecule has 1 saturated heterocycles. The van der Waals surface area contributed by atoms with Gasteiger partial charge in [-0.2, -0.15) is 4.99 Å². The van der Waals surface area contributed by atoms with Crippen LogP contribution in [-0.2, 0) is 9.59 Å². The second-order valence-electron chi connectivity index (χ2n) is 6.06. The Kier molecular flexibility index (Phi) is 5.02. The van der Waals surface area contributed by atoms with Gasteiger partial charge in [0.05, 0.1) is 13.5 Å². The number of ether oxygens (including phenoxy) is 1. The van der Waals surface area contributed by atoms with Gasteiger partial charge in [0.25, 0.3) is 5.95 Å². The maximum absolute atomic E-state index is 12.0. The normalized spacial score (nSPS) is 18.3. The number of rotatable bonds is 4. The van der Waals surface area contributed by atoms with Crippen molar-refractivity contribution in [2.75, 3.05) is 12.0 Å². The summed E-state index contributed by atoms with van der Waals surface area (Å²) in [5.74, 6) is -0.728. The molecule has 1 aromatic carbocycles. The molecule has 2 aromatic rings. The van der Waals surface area contributed by atoms with Gasteiger partial charge in [0, 0.05) is 17.1 Å². The monoisotopic (exact) mass is 369 g/mol. The molecule has 2 heterocycles. The number of carboxylic acids is 1. The van der Waals surface area contributed by atoms with Gasteiger partial charge in [-0.25, -0.2) is 14.8 Å². The molecular weight excluding hydrogens is 350 g/mol. The third-order valence-electron chi connectivity index (χ3n) is 3.98. The van der Waals surface area contributed by atoms with Crippen molar-refractivity contribution >= 4 is 29.5 Å². The lowest BCUT2D eigenvalue weighted by Gasteiger charge is -2.35. The number of aliphatic imine (C=N–C) groups is 1. The van der Waals surface area contributed by atoms with E-state index in [9.17, 15) is 14.7 Å².